The smallest absolute Gasteiger partial charge is 0.253 e. The van der Waals surface area contributed by atoms with Crippen LogP contribution >= 0.6 is 0 Å². The molecule has 3 heteroatoms. The van der Waals surface area contributed by atoms with Crippen molar-refractivity contribution in [3.8, 4) is 11.8 Å². The Morgan fingerprint density at radius 3 is 2.41 bits per heavy atom. The molecule has 1 heterocycles. The Labute approximate surface area is 164 Å². The molecule has 0 unspecified atom stereocenters. The fourth-order valence-electron chi connectivity index (χ4n) is 2.83. The minimum absolute atomic E-state index is 0.0256. The number of ketones is 1. The van der Waals surface area contributed by atoms with Crippen molar-refractivity contribution >= 4 is 11.7 Å². The van der Waals surface area contributed by atoms with Crippen molar-refractivity contribution in [1.29, 1.82) is 0 Å². The highest BCUT2D eigenvalue weighted by Gasteiger charge is 2.27. The van der Waals surface area contributed by atoms with Crippen molar-refractivity contribution < 1.29 is 9.59 Å². The zero-order chi connectivity index (χ0) is 20.1. The number of unbranched alkanes of at least 4 members (excludes halogenated alkanes) is 1. The quantitative estimate of drug-likeness (QED) is 0.282. The lowest BCUT2D eigenvalue weighted by molar-refractivity contribution is -0.130. The van der Waals surface area contributed by atoms with Gasteiger partial charge in [0.2, 0.25) is 5.78 Å². The minimum atomic E-state index is -0.0914. The van der Waals surface area contributed by atoms with Gasteiger partial charge in [0.15, 0.2) is 0 Å². The summed E-state index contributed by atoms with van der Waals surface area (Å²) in [4.78, 5) is 26.7. The van der Waals surface area contributed by atoms with E-state index < -0.39 is 0 Å². The lowest BCUT2D eigenvalue weighted by Gasteiger charge is -2.30. The van der Waals surface area contributed by atoms with Crippen LogP contribution < -0.4 is 0 Å². The van der Waals surface area contributed by atoms with Crippen molar-refractivity contribution in [3.05, 3.63) is 60.3 Å². The lowest BCUT2D eigenvalue weighted by Crippen LogP contribution is -2.40. The van der Waals surface area contributed by atoms with Crippen LogP contribution in [-0.4, -0.2) is 29.7 Å². The largest absolute Gasteiger partial charge is 0.339 e. The van der Waals surface area contributed by atoms with Gasteiger partial charge in [0.1, 0.15) is 0 Å². The first-order chi connectivity index (χ1) is 13.1. The van der Waals surface area contributed by atoms with E-state index in [0.29, 0.717) is 31.5 Å². The highest BCUT2D eigenvalue weighted by Crippen LogP contribution is 2.20. The Morgan fingerprint density at radius 1 is 1.15 bits per heavy atom. The van der Waals surface area contributed by atoms with Gasteiger partial charge in [0.05, 0.1) is 0 Å². The molecule has 27 heavy (non-hydrogen) atoms. The molecule has 3 nitrogen and oxygen atoms in total. The molecule has 0 aromatic heterocycles. The number of rotatable bonds is 7. The molecule has 1 aliphatic heterocycles. The van der Waals surface area contributed by atoms with E-state index in [1.807, 2.05) is 38.2 Å². The molecule has 0 atom stereocenters. The van der Waals surface area contributed by atoms with Crippen LogP contribution in [0.2, 0.25) is 0 Å². The second-order valence-electron chi connectivity index (χ2n) is 6.48. The van der Waals surface area contributed by atoms with Crippen LogP contribution in [0.4, 0.5) is 0 Å². The van der Waals surface area contributed by atoms with Crippen LogP contribution in [0.15, 0.2) is 60.3 Å². The summed E-state index contributed by atoms with van der Waals surface area (Å²) < 4.78 is 0. The number of amides is 1. The number of allylic oxidation sites excluding steroid dienone is 7. The Balaban J connectivity index is 2.69. The number of hydrogen-bond acceptors (Lipinski definition) is 2. The molecular weight excluding hydrogens is 334 g/mol. The second-order valence-corrected chi connectivity index (χ2v) is 6.48. The Bertz CT molecular complexity index is 702. The van der Waals surface area contributed by atoms with Gasteiger partial charge in [-0.2, -0.15) is 0 Å². The zero-order valence-corrected chi connectivity index (χ0v) is 16.8. The van der Waals surface area contributed by atoms with Gasteiger partial charge >= 0.3 is 0 Å². The van der Waals surface area contributed by atoms with Crippen molar-refractivity contribution in [2.45, 2.75) is 46.5 Å². The zero-order valence-electron chi connectivity index (χ0n) is 16.8. The number of piperidine rings is 1. The Morgan fingerprint density at radius 2 is 1.85 bits per heavy atom. The average Bonchev–Trinajstić information content (AvgIpc) is 2.70. The molecule has 1 amide bonds. The van der Waals surface area contributed by atoms with E-state index in [1.54, 1.807) is 17.1 Å². The van der Waals surface area contributed by atoms with Gasteiger partial charge in [-0.05, 0) is 45.1 Å². The maximum Gasteiger partial charge on any atom is 0.253 e. The first-order valence-electron chi connectivity index (χ1n) is 9.70. The number of hydrogen-bond donors (Lipinski definition) is 0. The van der Waals surface area contributed by atoms with Crippen LogP contribution in [0.1, 0.15) is 46.5 Å². The summed E-state index contributed by atoms with van der Waals surface area (Å²) in [5, 5.41) is 0. The summed E-state index contributed by atoms with van der Waals surface area (Å²) in [5.41, 5.74) is 1.47. The van der Waals surface area contributed by atoms with Gasteiger partial charge in [0.25, 0.3) is 5.91 Å². The van der Waals surface area contributed by atoms with E-state index in [4.69, 9.17) is 0 Å². The van der Waals surface area contributed by atoms with E-state index in [2.05, 4.69) is 31.4 Å². The molecule has 0 aromatic carbocycles. The summed E-state index contributed by atoms with van der Waals surface area (Å²) >= 11 is 0. The van der Waals surface area contributed by atoms with Crippen molar-refractivity contribution in [1.82, 2.24) is 4.90 Å². The van der Waals surface area contributed by atoms with Gasteiger partial charge in [-0.3, -0.25) is 9.59 Å². The first kappa shape index (κ1) is 22.4. The number of likely N-dealkylation sites (tertiary alicyclic amines) is 1. The molecule has 0 spiro atoms. The highest BCUT2D eigenvalue weighted by molar-refractivity contribution is 5.99. The summed E-state index contributed by atoms with van der Waals surface area (Å²) in [5.74, 6) is 5.66. The molecule has 1 aliphatic rings. The van der Waals surface area contributed by atoms with E-state index >= 15 is 0 Å². The van der Waals surface area contributed by atoms with Crippen LogP contribution in [0, 0.1) is 17.8 Å². The molecule has 0 bridgehead atoms. The van der Waals surface area contributed by atoms with Crippen LogP contribution in [0.3, 0.4) is 0 Å². The number of carbonyl (C=O) groups excluding carboxylic acids is 2. The topological polar surface area (TPSA) is 37.4 Å². The van der Waals surface area contributed by atoms with Crippen molar-refractivity contribution in [3.63, 3.8) is 0 Å². The molecule has 144 valence electrons. The molecule has 1 saturated heterocycles. The maximum atomic E-state index is 12.5. The summed E-state index contributed by atoms with van der Waals surface area (Å²) in [6.45, 7) is 10.8. The van der Waals surface area contributed by atoms with Crippen molar-refractivity contribution in [2.24, 2.45) is 5.92 Å². The number of Topliss-reactive ketones (excluding diaryl/α,β-unsaturated/α-hetero) is 1. The first-order valence-corrected chi connectivity index (χ1v) is 9.70. The summed E-state index contributed by atoms with van der Waals surface area (Å²) in [7, 11) is 0. The molecule has 0 aliphatic carbocycles. The monoisotopic (exact) mass is 365 g/mol. The molecule has 1 rings (SSSR count). The lowest BCUT2D eigenvalue weighted by atomic mass is 9.92. The van der Waals surface area contributed by atoms with Gasteiger partial charge in [-0.1, -0.05) is 62.3 Å². The van der Waals surface area contributed by atoms with E-state index in [9.17, 15) is 9.59 Å². The fraction of sp³-hybridized carbons (Fsp3) is 0.417. The van der Waals surface area contributed by atoms with Crippen LogP contribution in [0.25, 0.3) is 0 Å². The molecule has 0 aromatic rings. The Kier molecular flexibility index (Phi) is 10.6. The third-order valence-corrected chi connectivity index (χ3v) is 4.42. The van der Waals surface area contributed by atoms with Crippen LogP contribution in [0.5, 0.6) is 0 Å². The van der Waals surface area contributed by atoms with Gasteiger partial charge in [-0.25, -0.2) is 0 Å². The second kappa shape index (κ2) is 12.7. The highest BCUT2D eigenvalue weighted by atomic mass is 16.2. The molecule has 0 N–H and O–H groups in total. The predicted octanol–water partition coefficient (Wildman–Crippen LogP) is 4.79. The van der Waals surface area contributed by atoms with E-state index in [-0.39, 0.29) is 17.6 Å². The minimum Gasteiger partial charge on any atom is -0.339 e. The summed E-state index contributed by atoms with van der Waals surface area (Å²) in [6.07, 6.45) is 16.3. The van der Waals surface area contributed by atoms with Crippen molar-refractivity contribution in [2.75, 3.05) is 13.1 Å². The predicted molar refractivity (Wildman–Crippen MR) is 113 cm³/mol. The fourth-order valence-corrected chi connectivity index (χ4v) is 2.83. The normalized spacial score (nSPS) is 16.5. The number of carbonyl (C=O) groups is 2. The van der Waals surface area contributed by atoms with Gasteiger partial charge in [-0.15, -0.1) is 0 Å². The Hall–Kier alpha value is -2.60. The van der Waals surface area contributed by atoms with E-state index in [1.165, 1.54) is 0 Å². The third-order valence-electron chi connectivity index (χ3n) is 4.42. The SMILES string of the molecule is C=C/C(=C\C=C/C)C(=O)N1CCC(C(=O)C#CC(/C=C\C)=C/CCC)CC1. The molecule has 0 radical (unpaired) electrons. The molecule has 1 fully saturated rings. The van der Waals surface area contributed by atoms with Crippen LogP contribution in [-0.2, 0) is 9.59 Å². The maximum absolute atomic E-state index is 12.5. The number of nitrogens with zero attached hydrogens (tertiary/aromatic N) is 1. The standard InChI is InChI=1S/C24H31NO2/c1-5-9-12-20(11-7-3)14-15-23(26)22-16-18-25(19-17-22)24(27)21(8-4)13-10-6-2/h6-8,10-13,22H,4-5,9,16-19H2,1-3H3/b10-6-,11-7-,20-12+,21-13+. The van der Waals surface area contributed by atoms with E-state index in [0.717, 1.165) is 18.4 Å². The average molecular weight is 366 g/mol. The summed E-state index contributed by atoms with van der Waals surface area (Å²) in [6, 6.07) is 0. The third kappa shape index (κ3) is 7.66. The molecular formula is C24H31NO2. The van der Waals surface area contributed by atoms with Gasteiger partial charge in [0, 0.05) is 30.2 Å². The molecule has 0 saturated carbocycles. The van der Waals surface area contributed by atoms with Gasteiger partial charge < -0.3 is 4.90 Å².